The van der Waals surface area contributed by atoms with Crippen molar-refractivity contribution >= 4 is 43.0 Å². The van der Waals surface area contributed by atoms with Crippen LogP contribution in [0.5, 0.6) is 0 Å². The van der Waals surface area contributed by atoms with E-state index < -0.39 is 25.5 Å². The van der Waals surface area contributed by atoms with Crippen LogP contribution in [0.15, 0.2) is 24.3 Å². The Kier molecular flexibility index (Phi) is 6.54. The standard InChI is InChI=1S/C27H37ClN2O4S2/c1-17-11-18-9-10-29(35(7,31)32)24(18)23(12-17)27(5,6)15-19-16-30(36(8,33)34)25-21(19)13-20(28)14-22(25)26(2,3)4/h11-14,19H,9-10,15-16H2,1-8H3. The van der Waals surface area contributed by atoms with Gasteiger partial charge in [-0.3, -0.25) is 8.61 Å². The van der Waals surface area contributed by atoms with Gasteiger partial charge >= 0.3 is 0 Å². The molecule has 2 aromatic rings. The first-order valence-electron chi connectivity index (χ1n) is 12.2. The maximum atomic E-state index is 12.9. The summed E-state index contributed by atoms with van der Waals surface area (Å²) in [6, 6.07) is 7.95. The lowest BCUT2D eigenvalue weighted by Gasteiger charge is -2.33. The molecule has 0 bridgehead atoms. The van der Waals surface area contributed by atoms with Gasteiger partial charge in [0.05, 0.1) is 23.9 Å². The number of fused-ring (bicyclic) bond motifs is 2. The second-order valence-corrected chi connectivity index (χ2v) is 16.4. The molecule has 0 saturated heterocycles. The van der Waals surface area contributed by atoms with E-state index in [0.717, 1.165) is 39.2 Å². The summed E-state index contributed by atoms with van der Waals surface area (Å²) in [4.78, 5) is 0. The molecule has 6 nitrogen and oxygen atoms in total. The first-order valence-corrected chi connectivity index (χ1v) is 16.3. The third kappa shape index (κ3) is 4.88. The van der Waals surface area contributed by atoms with Crippen molar-refractivity contribution in [3.05, 3.63) is 57.1 Å². The van der Waals surface area contributed by atoms with Crippen LogP contribution in [0.1, 0.15) is 74.8 Å². The average molecular weight is 553 g/mol. The lowest BCUT2D eigenvalue weighted by atomic mass is 9.73. The predicted molar refractivity (Wildman–Crippen MR) is 150 cm³/mol. The summed E-state index contributed by atoms with van der Waals surface area (Å²) in [6.07, 6.45) is 3.84. The van der Waals surface area contributed by atoms with Gasteiger partial charge in [0.2, 0.25) is 20.0 Å². The minimum atomic E-state index is -3.51. The monoisotopic (exact) mass is 552 g/mol. The van der Waals surface area contributed by atoms with Crippen LogP contribution >= 0.6 is 11.6 Å². The van der Waals surface area contributed by atoms with Crippen molar-refractivity contribution in [3.63, 3.8) is 0 Å². The maximum absolute atomic E-state index is 12.9. The SMILES string of the molecule is Cc1cc2c(c(C(C)(C)CC3CN(S(C)(=O)=O)c4c3cc(Cl)cc4C(C)(C)C)c1)N(S(C)(=O)=O)CC2. The number of sulfonamides is 2. The number of nitrogens with zero attached hydrogens (tertiary/aromatic N) is 2. The molecule has 0 radical (unpaired) electrons. The number of rotatable bonds is 5. The van der Waals surface area contributed by atoms with Crippen molar-refractivity contribution in [1.82, 2.24) is 0 Å². The predicted octanol–water partition coefficient (Wildman–Crippen LogP) is 5.50. The van der Waals surface area contributed by atoms with Crippen LogP contribution in [0, 0.1) is 6.92 Å². The number of hydrogen-bond acceptors (Lipinski definition) is 4. The second-order valence-electron chi connectivity index (χ2n) is 12.1. The van der Waals surface area contributed by atoms with Gasteiger partial charge in [-0.1, -0.05) is 63.9 Å². The molecule has 9 heteroatoms. The molecule has 1 atom stereocenters. The van der Waals surface area contributed by atoms with Crippen LogP contribution in [0.25, 0.3) is 0 Å². The topological polar surface area (TPSA) is 74.8 Å². The Morgan fingerprint density at radius 3 is 2.06 bits per heavy atom. The van der Waals surface area contributed by atoms with Gasteiger partial charge in [0.15, 0.2) is 0 Å². The fraction of sp³-hybridized carbons (Fsp3) is 0.556. The van der Waals surface area contributed by atoms with Crippen molar-refractivity contribution in [2.45, 2.75) is 71.1 Å². The molecule has 36 heavy (non-hydrogen) atoms. The fourth-order valence-electron chi connectivity index (χ4n) is 5.89. The molecule has 198 valence electrons. The minimum absolute atomic E-state index is 0.0891. The van der Waals surface area contributed by atoms with Crippen LogP contribution in [0.4, 0.5) is 11.4 Å². The van der Waals surface area contributed by atoms with Gasteiger partial charge in [-0.05, 0) is 65.0 Å². The Hall–Kier alpha value is -1.77. The van der Waals surface area contributed by atoms with Crippen molar-refractivity contribution in [2.75, 3.05) is 34.2 Å². The Labute approximate surface area is 221 Å². The van der Waals surface area contributed by atoms with Crippen LogP contribution in [0.2, 0.25) is 5.02 Å². The maximum Gasteiger partial charge on any atom is 0.232 e. The third-order valence-electron chi connectivity index (χ3n) is 7.44. The summed E-state index contributed by atoms with van der Waals surface area (Å²) in [5.74, 6) is -0.0891. The Morgan fingerprint density at radius 2 is 1.50 bits per heavy atom. The van der Waals surface area contributed by atoms with Gasteiger partial charge in [-0.2, -0.15) is 0 Å². The van der Waals surface area contributed by atoms with Crippen LogP contribution < -0.4 is 8.61 Å². The molecule has 2 heterocycles. The molecule has 2 aromatic carbocycles. The quantitative estimate of drug-likeness (QED) is 0.491. The number of anilines is 2. The van der Waals surface area contributed by atoms with Crippen LogP contribution in [-0.4, -0.2) is 42.4 Å². The van der Waals surface area contributed by atoms with E-state index in [-0.39, 0.29) is 11.3 Å². The van der Waals surface area contributed by atoms with E-state index in [1.54, 1.807) is 0 Å². The molecule has 0 spiro atoms. The summed E-state index contributed by atoms with van der Waals surface area (Å²) in [5, 5.41) is 0.594. The van der Waals surface area contributed by atoms with Gasteiger partial charge in [-0.15, -0.1) is 0 Å². The molecule has 0 N–H and O–H groups in total. The number of aryl methyl sites for hydroxylation is 1. The average Bonchev–Trinajstić information content (AvgIpc) is 3.27. The molecule has 0 fully saturated rings. The van der Waals surface area contributed by atoms with Gasteiger partial charge in [-0.25, -0.2) is 16.8 Å². The Balaban J connectivity index is 1.85. The highest BCUT2D eigenvalue weighted by Crippen LogP contribution is 2.51. The normalized spacial score (nSPS) is 18.5. The van der Waals surface area contributed by atoms with Crippen LogP contribution in [0.3, 0.4) is 0 Å². The zero-order chi connectivity index (χ0) is 27.0. The zero-order valence-corrected chi connectivity index (χ0v) is 24.8. The van der Waals surface area contributed by atoms with Gasteiger partial charge in [0.1, 0.15) is 0 Å². The lowest BCUT2D eigenvalue weighted by molar-refractivity contribution is 0.435. The van der Waals surface area contributed by atoms with E-state index in [0.29, 0.717) is 31.0 Å². The molecule has 2 aliphatic rings. The summed E-state index contributed by atoms with van der Waals surface area (Å²) in [5.41, 5.74) is 5.78. The second kappa shape index (κ2) is 8.63. The van der Waals surface area contributed by atoms with Crippen molar-refractivity contribution in [3.8, 4) is 0 Å². The zero-order valence-electron chi connectivity index (χ0n) is 22.4. The van der Waals surface area contributed by atoms with Gasteiger partial charge < -0.3 is 0 Å². The highest BCUT2D eigenvalue weighted by Gasteiger charge is 2.42. The van der Waals surface area contributed by atoms with E-state index >= 15 is 0 Å². The van der Waals surface area contributed by atoms with E-state index in [2.05, 4.69) is 46.8 Å². The first-order chi connectivity index (χ1) is 16.3. The Morgan fingerprint density at radius 1 is 0.889 bits per heavy atom. The molecular formula is C27H37ClN2O4S2. The van der Waals surface area contributed by atoms with Gasteiger partial charge in [0.25, 0.3) is 0 Å². The molecular weight excluding hydrogens is 516 g/mol. The highest BCUT2D eigenvalue weighted by atomic mass is 35.5. The summed E-state index contributed by atoms with van der Waals surface area (Å²) in [7, 11) is -6.92. The molecule has 0 saturated carbocycles. The summed E-state index contributed by atoms with van der Waals surface area (Å²) < 4.78 is 54.1. The van der Waals surface area contributed by atoms with Crippen molar-refractivity contribution in [1.29, 1.82) is 0 Å². The lowest BCUT2D eigenvalue weighted by Crippen LogP contribution is -2.33. The van der Waals surface area contributed by atoms with Gasteiger partial charge in [0, 0.05) is 24.0 Å². The number of benzene rings is 2. The van der Waals surface area contributed by atoms with E-state index in [9.17, 15) is 16.8 Å². The van der Waals surface area contributed by atoms with Crippen LogP contribution in [-0.2, 0) is 37.3 Å². The molecule has 1 unspecified atom stereocenters. The number of halogens is 1. The van der Waals surface area contributed by atoms with E-state index in [4.69, 9.17) is 11.6 Å². The highest BCUT2D eigenvalue weighted by molar-refractivity contribution is 7.92. The molecule has 0 aliphatic carbocycles. The first kappa shape index (κ1) is 27.3. The summed E-state index contributed by atoms with van der Waals surface area (Å²) in [6.45, 7) is 13.3. The van der Waals surface area contributed by atoms with E-state index in [1.165, 1.54) is 21.1 Å². The van der Waals surface area contributed by atoms with Crippen molar-refractivity contribution < 1.29 is 16.8 Å². The third-order valence-corrected chi connectivity index (χ3v) is 9.96. The largest absolute Gasteiger partial charge is 0.270 e. The fourth-order valence-corrected chi connectivity index (χ4v) is 8.08. The minimum Gasteiger partial charge on any atom is -0.270 e. The Bertz CT molecular complexity index is 1440. The number of hydrogen-bond donors (Lipinski definition) is 0. The molecule has 2 aliphatic heterocycles. The molecule has 0 aromatic heterocycles. The smallest absolute Gasteiger partial charge is 0.232 e. The summed E-state index contributed by atoms with van der Waals surface area (Å²) >= 11 is 6.58. The molecule has 0 amide bonds. The molecule has 4 rings (SSSR count). The van der Waals surface area contributed by atoms with E-state index in [1.807, 2.05) is 19.1 Å². The van der Waals surface area contributed by atoms with Crippen molar-refractivity contribution in [2.24, 2.45) is 0 Å².